The standard InChI is InChI=1S/C15H21N5S.HI/c1-11-4-5-12(14(8-11)21-3)9-17-15(16-2)18-10-13-6-7-19-20-13;/h4-8H,9-10H2,1-3H3,(H,19,20)(H2,16,17,18);1H. The molecular formula is C15H22IN5S. The van der Waals surface area contributed by atoms with E-state index in [4.69, 9.17) is 0 Å². The number of thioether (sulfide) groups is 1. The number of H-pyrrole nitrogens is 1. The van der Waals surface area contributed by atoms with Crippen molar-refractivity contribution < 1.29 is 0 Å². The summed E-state index contributed by atoms with van der Waals surface area (Å²) in [4.78, 5) is 5.53. The van der Waals surface area contributed by atoms with Gasteiger partial charge in [0.2, 0.25) is 0 Å². The summed E-state index contributed by atoms with van der Waals surface area (Å²) in [5.41, 5.74) is 3.58. The SMILES string of the molecule is CN=C(NCc1ccn[nH]1)NCc1ccc(C)cc1SC.I. The number of nitrogens with zero attached hydrogens (tertiary/aromatic N) is 2. The van der Waals surface area contributed by atoms with Gasteiger partial charge in [-0.25, -0.2) is 0 Å². The van der Waals surface area contributed by atoms with Crippen molar-refractivity contribution >= 4 is 41.7 Å². The minimum absolute atomic E-state index is 0. The molecule has 0 aliphatic rings. The lowest BCUT2D eigenvalue weighted by atomic mass is 10.1. The van der Waals surface area contributed by atoms with E-state index in [9.17, 15) is 0 Å². The zero-order valence-corrected chi connectivity index (χ0v) is 16.2. The zero-order chi connectivity index (χ0) is 15.1. The van der Waals surface area contributed by atoms with Gasteiger partial charge >= 0.3 is 0 Å². The van der Waals surface area contributed by atoms with Crippen molar-refractivity contribution in [2.24, 2.45) is 4.99 Å². The largest absolute Gasteiger partial charge is 0.352 e. The summed E-state index contributed by atoms with van der Waals surface area (Å²) in [6.45, 7) is 3.53. The number of aromatic amines is 1. The monoisotopic (exact) mass is 431 g/mol. The van der Waals surface area contributed by atoms with E-state index in [1.165, 1.54) is 16.0 Å². The van der Waals surface area contributed by atoms with E-state index in [0.29, 0.717) is 6.54 Å². The molecule has 0 atom stereocenters. The Morgan fingerprint density at radius 2 is 2.05 bits per heavy atom. The topological polar surface area (TPSA) is 65.1 Å². The molecule has 0 radical (unpaired) electrons. The number of rotatable bonds is 5. The normalized spacial score (nSPS) is 11.0. The fourth-order valence-corrected chi connectivity index (χ4v) is 2.67. The first-order chi connectivity index (χ1) is 10.2. The second-order valence-electron chi connectivity index (χ2n) is 4.68. The summed E-state index contributed by atoms with van der Waals surface area (Å²) in [6.07, 6.45) is 3.84. The van der Waals surface area contributed by atoms with Gasteiger partial charge in [-0.3, -0.25) is 10.1 Å². The maximum absolute atomic E-state index is 4.23. The van der Waals surface area contributed by atoms with Crippen LogP contribution in [0.1, 0.15) is 16.8 Å². The zero-order valence-electron chi connectivity index (χ0n) is 13.0. The fraction of sp³-hybridized carbons (Fsp3) is 0.333. The Kier molecular flexibility index (Phi) is 8.32. The average molecular weight is 431 g/mol. The van der Waals surface area contributed by atoms with Gasteiger partial charge in [-0.2, -0.15) is 5.10 Å². The van der Waals surface area contributed by atoms with Crippen LogP contribution in [-0.2, 0) is 13.1 Å². The van der Waals surface area contributed by atoms with Gasteiger partial charge in [0.15, 0.2) is 5.96 Å². The van der Waals surface area contributed by atoms with Gasteiger partial charge in [0, 0.05) is 24.7 Å². The van der Waals surface area contributed by atoms with Crippen molar-refractivity contribution in [2.75, 3.05) is 13.3 Å². The molecule has 0 saturated carbocycles. The van der Waals surface area contributed by atoms with Crippen LogP contribution in [0.5, 0.6) is 0 Å². The molecule has 0 fully saturated rings. The molecule has 22 heavy (non-hydrogen) atoms. The van der Waals surface area contributed by atoms with Crippen LogP contribution in [0.2, 0.25) is 0 Å². The van der Waals surface area contributed by atoms with Crippen molar-refractivity contribution in [1.82, 2.24) is 20.8 Å². The molecule has 1 aromatic heterocycles. The van der Waals surface area contributed by atoms with E-state index in [1.54, 1.807) is 25.0 Å². The molecule has 2 aromatic rings. The summed E-state index contributed by atoms with van der Waals surface area (Å²) in [5, 5.41) is 13.4. The Labute approximate surface area is 152 Å². The summed E-state index contributed by atoms with van der Waals surface area (Å²) < 4.78 is 0. The second kappa shape index (κ2) is 9.73. The average Bonchev–Trinajstić information content (AvgIpc) is 3.01. The number of benzene rings is 1. The first kappa shape index (κ1) is 18.8. The van der Waals surface area contributed by atoms with Gasteiger partial charge in [0.05, 0.1) is 12.2 Å². The van der Waals surface area contributed by atoms with Gasteiger partial charge < -0.3 is 10.6 Å². The molecule has 0 amide bonds. The van der Waals surface area contributed by atoms with Crippen LogP contribution in [0.4, 0.5) is 0 Å². The number of halogens is 1. The van der Waals surface area contributed by atoms with E-state index in [-0.39, 0.29) is 24.0 Å². The predicted octanol–water partition coefficient (Wildman–Crippen LogP) is 2.92. The summed E-state index contributed by atoms with van der Waals surface area (Å²) >= 11 is 1.77. The van der Waals surface area contributed by atoms with Crippen molar-refractivity contribution in [3.05, 3.63) is 47.3 Å². The molecule has 2 rings (SSSR count). The maximum atomic E-state index is 4.23. The third-order valence-electron chi connectivity index (χ3n) is 3.12. The maximum Gasteiger partial charge on any atom is 0.191 e. The van der Waals surface area contributed by atoms with E-state index in [1.807, 2.05) is 6.07 Å². The number of guanidine groups is 1. The lowest BCUT2D eigenvalue weighted by Gasteiger charge is -2.13. The van der Waals surface area contributed by atoms with E-state index in [2.05, 4.69) is 57.2 Å². The Hall–Kier alpha value is -1.22. The highest BCUT2D eigenvalue weighted by Gasteiger charge is 2.04. The van der Waals surface area contributed by atoms with Crippen LogP contribution in [0, 0.1) is 6.92 Å². The Morgan fingerprint density at radius 1 is 1.27 bits per heavy atom. The highest BCUT2D eigenvalue weighted by Crippen LogP contribution is 2.21. The highest BCUT2D eigenvalue weighted by molar-refractivity contribution is 14.0. The van der Waals surface area contributed by atoms with Crippen molar-refractivity contribution in [3.8, 4) is 0 Å². The van der Waals surface area contributed by atoms with Crippen LogP contribution in [0.25, 0.3) is 0 Å². The molecule has 5 nitrogen and oxygen atoms in total. The molecule has 1 heterocycles. The first-order valence-electron chi connectivity index (χ1n) is 6.79. The number of hydrogen-bond acceptors (Lipinski definition) is 3. The molecule has 0 unspecified atom stereocenters. The van der Waals surface area contributed by atoms with Crippen molar-refractivity contribution in [2.45, 2.75) is 24.9 Å². The molecule has 7 heteroatoms. The quantitative estimate of drug-likeness (QED) is 0.295. The molecule has 1 aromatic carbocycles. The van der Waals surface area contributed by atoms with Gasteiger partial charge in [0.1, 0.15) is 0 Å². The van der Waals surface area contributed by atoms with Crippen molar-refractivity contribution in [3.63, 3.8) is 0 Å². The molecule has 0 spiro atoms. The van der Waals surface area contributed by atoms with E-state index in [0.717, 1.165) is 18.2 Å². The van der Waals surface area contributed by atoms with Gasteiger partial charge in [-0.1, -0.05) is 12.1 Å². The van der Waals surface area contributed by atoms with E-state index >= 15 is 0 Å². The smallest absolute Gasteiger partial charge is 0.191 e. The molecule has 120 valence electrons. The van der Waals surface area contributed by atoms with Crippen LogP contribution in [0.3, 0.4) is 0 Å². The minimum Gasteiger partial charge on any atom is -0.352 e. The molecule has 0 saturated heterocycles. The number of nitrogens with one attached hydrogen (secondary N) is 3. The third kappa shape index (κ3) is 5.53. The lowest BCUT2D eigenvalue weighted by molar-refractivity contribution is 0.784. The fourth-order valence-electron chi connectivity index (χ4n) is 1.96. The van der Waals surface area contributed by atoms with Crippen LogP contribution in [0.15, 0.2) is 40.4 Å². The van der Waals surface area contributed by atoms with Crippen LogP contribution in [-0.4, -0.2) is 29.5 Å². The van der Waals surface area contributed by atoms with Crippen LogP contribution < -0.4 is 10.6 Å². The van der Waals surface area contributed by atoms with Gasteiger partial charge in [-0.05, 0) is 36.4 Å². The third-order valence-corrected chi connectivity index (χ3v) is 3.94. The van der Waals surface area contributed by atoms with E-state index < -0.39 is 0 Å². The van der Waals surface area contributed by atoms with Crippen LogP contribution >= 0.6 is 35.7 Å². The Bertz CT molecular complexity index is 598. The number of hydrogen-bond donors (Lipinski definition) is 3. The summed E-state index contributed by atoms with van der Waals surface area (Å²) in [6, 6.07) is 8.45. The molecular weight excluding hydrogens is 409 g/mol. The summed E-state index contributed by atoms with van der Waals surface area (Å²) in [5.74, 6) is 0.775. The highest BCUT2D eigenvalue weighted by atomic mass is 127. The van der Waals surface area contributed by atoms with Crippen molar-refractivity contribution in [1.29, 1.82) is 0 Å². The molecule has 0 bridgehead atoms. The Balaban J connectivity index is 0.00000242. The Morgan fingerprint density at radius 3 is 2.68 bits per heavy atom. The molecule has 3 N–H and O–H groups in total. The predicted molar refractivity (Wildman–Crippen MR) is 104 cm³/mol. The number of aryl methyl sites for hydroxylation is 1. The summed E-state index contributed by atoms with van der Waals surface area (Å²) in [7, 11) is 1.77. The molecule has 0 aliphatic carbocycles. The second-order valence-corrected chi connectivity index (χ2v) is 5.52. The lowest BCUT2D eigenvalue weighted by Crippen LogP contribution is -2.36. The van der Waals surface area contributed by atoms with Gasteiger partial charge in [-0.15, -0.1) is 35.7 Å². The first-order valence-corrected chi connectivity index (χ1v) is 8.01. The minimum atomic E-state index is 0. The molecule has 0 aliphatic heterocycles. The number of aromatic nitrogens is 2. The van der Waals surface area contributed by atoms with Gasteiger partial charge in [0.25, 0.3) is 0 Å². The number of aliphatic imine (C=N–C) groups is 1.